The number of cyclic esters (lactones) is 1. The van der Waals surface area contributed by atoms with Gasteiger partial charge in [0.1, 0.15) is 6.61 Å². The number of hydrogen-bond donors (Lipinski definition) is 1. The van der Waals surface area contributed by atoms with Crippen LogP contribution in [0.25, 0.3) is 0 Å². The Morgan fingerprint density at radius 3 is 3.08 bits per heavy atom. The summed E-state index contributed by atoms with van der Waals surface area (Å²) in [6.45, 7) is 6.16. The lowest BCUT2D eigenvalue weighted by molar-refractivity contribution is 0.158. The average Bonchev–Trinajstić information content (AvgIpc) is 2.46. The Kier molecular flexibility index (Phi) is 3.87. The van der Waals surface area contributed by atoms with Crippen molar-refractivity contribution >= 4 is 6.09 Å². The molecule has 1 saturated heterocycles. The number of carbonyl (C=O) groups is 1. The summed E-state index contributed by atoms with van der Waals surface area (Å²) >= 11 is 0. The second-order valence-corrected chi connectivity index (χ2v) is 2.81. The molecule has 1 amide bonds. The van der Waals surface area contributed by atoms with Gasteiger partial charge in [-0.3, -0.25) is 0 Å². The number of ether oxygens (including phenoxy) is 1. The second kappa shape index (κ2) is 4.98. The summed E-state index contributed by atoms with van der Waals surface area (Å²) in [4.78, 5) is 12.7. The molecule has 0 saturated carbocycles. The van der Waals surface area contributed by atoms with Gasteiger partial charge in [0, 0.05) is 6.54 Å². The van der Waals surface area contributed by atoms with E-state index in [4.69, 9.17) is 4.74 Å². The van der Waals surface area contributed by atoms with Crippen LogP contribution in [0, 0.1) is 0 Å². The van der Waals surface area contributed by atoms with Gasteiger partial charge < -0.3 is 15.0 Å². The summed E-state index contributed by atoms with van der Waals surface area (Å²) < 4.78 is 4.79. The van der Waals surface area contributed by atoms with Crippen molar-refractivity contribution in [3.63, 3.8) is 0 Å². The minimum atomic E-state index is -0.161. The summed E-state index contributed by atoms with van der Waals surface area (Å²) in [5, 5.41) is 3.21. The van der Waals surface area contributed by atoms with E-state index in [0.29, 0.717) is 6.61 Å². The predicted octanol–water partition coefficient (Wildman–Crippen LogP) is 0.438. The minimum Gasteiger partial charge on any atom is -0.448 e. The molecule has 0 aliphatic carbocycles. The van der Waals surface area contributed by atoms with Gasteiger partial charge in [-0.05, 0) is 19.5 Å². The van der Waals surface area contributed by atoms with Crippen molar-refractivity contribution in [2.45, 2.75) is 13.3 Å². The van der Waals surface area contributed by atoms with E-state index < -0.39 is 0 Å². The fourth-order valence-electron chi connectivity index (χ4n) is 1.20. The van der Waals surface area contributed by atoms with E-state index in [1.807, 2.05) is 0 Å². The van der Waals surface area contributed by atoms with Gasteiger partial charge in [0.15, 0.2) is 0 Å². The molecule has 1 N–H and O–H groups in total. The summed E-state index contributed by atoms with van der Waals surface area (Å²) in [7, 11) is 0. The Hall–Kier alpha value is -0.770. The quantitative estimate of drug-likeness (QED) is 0.612. The standard InChI is InChI=1S/C8H16N2O2/c1-2-9-4-3-5-10-6-7-12-8(10)11/h9H,2-7H2,1H3. The first-order valence-corrected chi connectivity index (χ1v) is 4.47. The van der Waals surface area contributed by atoms with Crippen molar-refractivity contribution < 1.29 is 9.53 Å². The normalized spacial score (nSPS) is 16.8. The van der Waals surface area contributed by atoms with E-state index in [-0.39, 0.29) is 6.09 Å². The highest BCUT2D eigenvalue weighted by Gasteiger charge is 2.20. The van der Waals surface area contributed by atoms with Crippen LogP contribution in [-0.2, 0) is 4.74 Å². The van der Waals surface area contributed by atoms with Crippen molar-refractivity contribution in [3.05, 3.63) is 0 Å². The number of amides is 1. The lowest BCUT2D eigenvalue weighted by Crippen LogP contribution is -2.28. The molecule has 0 aromatic rings. The molecule has 0 spiro atoms. The highest BCUT2D eigenvalue weighted by molar-refractivity contribution is 5.69. The summed E-state index contributed by atoms with van der Waals surface area (Å²) in [5.41, 5.74) is 0. The number of hydrogen-bond acceptors (Lipinski definition) is 3. The first-order chi connectivity index (χ1) is 5.84. The highest BCUT2D eigenvalue weighted by atomic mass is 16.6. The van der Waals surface area contributed by atoms with Gasteiger partial charge in [0.25, 0.3) is 0 Å². The maximum atomic E-state index is 10.9. The molecule has 1 fully saturated rings. The summed E-state index contributed by atoms with van der Waals surface area (Å²) in [6.07, 6.45) is 0.842. The van der Waals surface area contributed by atoms with E-state index in [0.717, 1.165) is 32.6 Å². The van der Waals surface area contributed by atoms with Crippen LogP contribution in [-0.4, -0.2) is 43.8 Å². The van der Waals surface area contributed by atoms with E-state index >= 15 is 0 Å². The molecule has 70 valence electrons. The van der Waals surface area contributed by atoms with Crippen molar-refractivity contribution in [2.75, 3.05) is 32.8 Å². The van der Waals surface area contributed by atoms with Gasteiger partial charge >= 0.3 is 6.09 Å². The van der Waals surface area contributed by atoms with Gasteiger partial charge in [-0.25, -0.2) is 4.79 Å². The minimum absolute atomic E-state index is 0.161. The van der Waals surface area contributed by atoms with Crippen LogP contribution in [0.4, 0.5) is 4.79 Å². The number of nitrogens with one attached hydrogen (secondary N) is 1. The van der Waals surface area contributed by atoms with Gasteiger partial charge in [0.2, 0.25) is 0 Å². The molecule has 0 aromatic carbocycles. The molecule has 0 bridgehead atoms. The maximum absolute atomic E-state index is 10.9. The first-order valence-electron chi connectivity index (χ1n) is 4.47. The third-order valence-corrected chi connectivity index (χ3v) is 1.88. The fraction of sp³-hybridized carbons (Fsp3) is 0.875. The monoisotopic (exact) mass is 172 g/mol. The Balaban J connectivity index is 2.02. The van der Waals surface area contributed by atoms with Crippen LogP contribution in [0.15, 0.2) is 0 Å². The van der Waals surface area contributed by atoms with Crippen molar-refractivity contribution in [1.82, 2.24) is 10.2 Å². The molecule has 4 heteroatoms. The zero-order valence-electron chi connectivity index (χ0n) is 7.51. The van der Waals surface area contributed by atoms with Crippen LogP contribution in [0.2, 0.25) is 0 Å². The number of carbonyl (C=O) groups excluding carboxylic acids is 1. The summed E-state index contributed by atoms with van der Waals surface area (Å²) in [5.74, 6) is 0. The molecule has 0 radical (unpaired) electrons. The molecular weight excluding hydrogens is 156 g/mol. The van der Waals surface area contributed by atoms with Gasteiger partial charge in [-0.2, -0.15) is 0 Å². The Morgan fingerprint density at radius 2 is 2.50 bits per heavy atom. The average molecular weight is 172 g/mol. The first kappa shape index (κ1) is 9.32. The van der Waals surface area contributed by atoms with E-state index in [1.54, 1.807) is 4.90 Å². The van der Waals surface area contributed by atoms with Crippen LogP contribution in [0.5, 0.6) is 0 Å². The van der Waals surface area contributed by atoms with E-state index in [1.165, 1.54) is 0 Å². The molecule has 4 nitrogen and oxygen atoms in total. The Labute approximate surface area is 72.9 Å². The molecule has 1 heterocycles. The third kappa shape index (κ3) is 2.70. The maximum Gasteiger partial charge on any atom is 0.409 e. The SMILES string of the molecule is CCNCCCN1CCOC1=O. The lowest BCUT2D eigenvalue weighted by Gasteiger charge is -2.11. The third-order valence-electron chi connectivity index (χ3n) is 1.88. The highest BCUT2D eigenvalue weighted by Crippen LogP contribution is 2.02. The van der Waals surface area contributed by atoms with Crippen LogP contribution in [0.3, 0.4) is 0 Å². The lowest BCUT2D eigenvalue weighted by atomic mass is 10.4. The number of rotatable bonds is 5. The van der Waals surface area contributed by atoms with Gasteiger partial charge in [-0.15, -0.1) is 0 Å². The topological polar surface area (TPSA) is 41.6 Å². The van der Waals surface area contributed by atoms with Crippen LogP contribution >= 0.6 is 0 Å². The van der Waals surface area contributed by atoms with Crippen molar-refractivity contribution in [2.24, 2.45) is 0 Å². The largest absolute Gasteiger partial charge is 0.448 e. The molecule has 0 aromatic heterocycles. The molecule has 0 atom stereocenters. The molecule has 1 rings (SSSR count). The van der Waals surface area contributed by atoms with Crippen molar-refractivity contribution in [3.8, 4) is 0 Å². The van der Waals surface area contributed by atoms with Crippen LogP contribution < -0.4 is 5.32 Å². The number of nitrogens with zero attached hydrogens (tertiary/aromatic N) is 1. The molecule has 12 heavy (non-hydrogen) atoms. The van der Waals surface area contributed by atoms with E-state index in [9.17, 15) is 4.79 Å². The predicted molar refractivity (Wildman–Crippen MR) is 46.1 cm³/mol. The Morgan fingerprint density at radius 1 is 1.67 bits per heavy atom. The fourth-order valence-corrected chi connectivity index (χ4v) is 1.20. The molecule has 1 aliphatic rings. The van der Waals surface area contributed by atoms with Gasteiger partial charge in [-0.1, -0.05) is 6.92 Å². The molecule has 0 unspecified atom stereocenters. The van der Waals surface area contributed by atoms with E-state index in [2.05, 4.69) is 12.2 Å². The zero-order valence-corrected chi connectivity index (χ0v) is 7.51. The van der Waals surface area contributed by atoms with Gasteiger partial charge in [0.05, 0.1) is 6.54 Å². The summed E-state index contributed by atoms with van der Waals surface area (Å²) in [6, 6.07) is 0. The second-order valence-electron chi connectivity index (χ2n) is 2.81. The van der Waals surface area contributed by atoms with Crippen molar-refractivity contribution in [1.29, 1.82) is 0 Å². The zero-order chi connectivity index (χ0) is 8.81. The van der Waals surface area contributed by atoms with Crippen LogP contribution in [0.1, 0.15) is 13.3 Å². The smallest absolute Gasteiger partial charge is 0.409 e. The molecule has 1 aliphatic heterocycles. The Bertz CT molecular complexity index is 150. The molecular formula is C8H16N2O2.